The van der Waals surface area contributed by atoms with Crippen LogP contribution in [-0.4, -0.2) is 27.5 Å². The lowest BCUT2D eigenvalue weighted by molar-refractivity contribution is 0.0775. The molecule has 0 unspecified atom stereocenters. The number of benzene rings is 1. The van der Waals surface area contributed by atoms with Crippen molar-refractivity contribution in [2.24, 2.45) is 0 Å². The van der Waals surface area contributed by atoms with E-state index >= 15 is 0 Å². The Morgan fingerprint density at radius 2 is 1.96 bits per heavy atom. The molecule has 0 spiro atoms. The first-order valence-electron chi connectivity index (χ1n) is 7.34. The maximum absolute atomic E-state index is 12.7. The second-order valence-corrected chi connectivity index (χ2v) is 6.46. The lowest BCUT2D eigenvalue weighted by Gasteiger charge is -2.18. The average molecular weight is 326 g/mol. The Balaban J connectivity index is 1.72. The van der Waals surface area contributed by atoms with Gasteiger partial charge in [0.05, 0.1) is 6.54 Å². The van der Waals surface area contributed by atoms with Crippen molar-refractivity contribution in [1.29, 1.82) is 0 Å². The van der Waals surface area contributed by atoms with E-state index in [1.54, 1.807) is 35.4 Å². The van der Waals surface area contributed by atoms with E-state index in [-0.39, 0.29) is 11.7 Å². The minimum Gasteiger partial charge on any atom is -0.508 e. The van der Waals surface area contributed by atoms with E-state index in [1.165, 1.54) is 4.88 Å². The lowest BCUT2D eigenvalue weighted by Crippen LogP contribution is -2.28. The SMILES string of the molecule is CN(Cc1ccc(O)cc1)C(=O)c1cccn1Cc1cccs1. The van der Waals surface area contributed by atoms with E-state index in [1.807, 2.05) is 46.5 Å². The minimum absolute atomic E-state index is 0.0142. The fourth-order valence-corrected chi connectivity index (χ4v) is 3.16. The molecule has 23 heavy (non-hydrogen) atoms. The van der Waals surface area contributed by atoms with Crippen molar-refractivity contribution in [2.75, 3.05) is 7.05 Å². The zero-order valence-electron chi connectivity index (χ0n) is 12.8. The van der Waals surface area contributed by atoms with Gasteiger partial charge < -0.3 is 14.6 Å². The molecule has 0 fully saturated rings. The highest BCUT2D eigenvalue weighted by molar-refractivity contribution is 7.09. The standard InChI is InChI=1S/C18H18N2O2S/c1-19(12-14-6-8-15(21)9-7-14)18(22)17-5-2-10-20(17)13-16-4-3-11-23-16/h2-11,21H,12-13H2,1H3. The van der Waals surface area contributed by atoms with E-state index in [9.17, 15) is 9.90 Å². The summed E-state index contributed by atoms with van der Waals surface area (Å²) in [4.78, 5) is 15.6. The Morgan fingerprint density at radius 1 is 1.17 bits per heavy atom. The molecule has 4 nitrogen and oxygen atoms in total. The first kappa shape index (κ1) is 15.4. The van der Waals surface area contributed by atoms with E-state index in [2.05, 4.69) is 6.07 Å². The number of amides is 1. The third-order valence-corrected chi connectivity index (χ3v) is 4.52. The highest BCUT2D eigenvalue weighted by Crippen LogP contribution is 2.16. The number of carbonyl (C=O) groups excluding carboxylic acids is 1. The summed E-state index contributed by atoms with van der Waals surface area (Å²) >= 11 is 1.68. The summed E-state index contributed by atoms with van der Waals surface area (Å²) < 4.78 is 1.97. The third-order valence-electron chi connectivity index (χ3n) is 3.66. The van der Waals surface area contributed by atoms with Crippen molar-refractivity contribution in [3.05, 3.63) is 76.2 Å². The molecule has 0 saturated carbocycles. The molecule has 2 heterocycles. The molecule has 0 radical (unpaired) electrons. The number of phenolic OH excluding ortho intramolecular Hbond substituents is 1. The van der Waals surface area contributed by atoms with Crippen molar-refractivity contribution in [3.8, 4) is 5.75 Å². The maximum atomic E-state index is 12.7. The monoisotopic (exact) mass is 326 g/mol. The van der Waals surface area contributed by atoms with Gasteiger partial charge in [0.15, 0.2) is 0 Å². The normalized spacial score (nSPS) is 10.7. The van der Waals surface area contributed by atoms with Crippen LogP contribution in [0.2, 0.25) is 0 Å². The summed E-state index contributed by atoms with van der Waals surface area (Å²) in [7, 11) is 1.79. The van der Waals surface area contributed by atoms with Crippen LogP contribution in [0, 0.1) is 0 Å². The first-order chi connectivity index (χ1) is 11.1. The predicted molar refractivity (Wildman–Crippen MR) is 91.8 cm³/mol. The van der Waals surface area contributed by atoms with Crippen LogP contribution in [0.15, 0.2) is 60.1 Å². The summed E-state index contributed by atoms with van der Waals surface area (Å²) in [5.41, 5.74) is 1.66. The number of aromatic nitrogens is 1. The van der Waals surface area contributed by atoms with Crippen LogP contribution in [-0.2, 0) is 13.1 Å². The predicted octanol–water partition coefficient (Wildman–Crippen LogP) is 3.58. The molecule has 1 aromatic carbocycles. The van der Waals surface area contributed by atoms with Crippen molar-refractivity contribution in [2.45, 2.75) is 13.1 Å². The second-order valence-electron chi connectivity index (χ2n) is 5.43. The van der Waals surface area contributed by atoms with Crippen molar-refractivity contribution in [3.63, 3.8) is 0 Å². The zero-order valence-corrected chi connectivity index (χ0v) is 13.7. The molecule has 5 heteroatoms. The van der Waals surface area contributed by atoms with Crippen molar-refractivity contribution >= 4 is 17.2 Å². The van der Waals surface area contributed by atoms with Gasteiger partial charge in [-0.1, -0.05) is 18.2 Å². The zero-order chi connectivity index (χ0) is 16.2. The van der Waals surface area contributed by atoms with Gasteiger partial charge in [-0.25, -0.2) is 0 Å². The van der Waals surface area contributed by atoms with Gasteiger partial charge in [0.1, 0.15) is 11.4 Å². The summed E-state index contributed by atoms with van der Waals surface area (Å²) in [6, 6.07) is 14.7. The largest absolute Gasteiger partial charge is 0.508 e. The smallest absolute Gasteiger partial charge is 0.270 e. The fourth-order valence-electron chi connectivity index (χ4n) is 2.46. The van der Waals surface area contributed by atoms with Crippen LogP contribution in [0.25, 0.3) is 0 Å². The summed E-state index contributed by atoms with van der Waals surface area (Å²) in [6.07, 6.45) is 1.93. The quantitative estimate of drug-likeness (QED) is 0.779. The Bertz CT molecular complexity index is 776. The van der Waals surface area contributed by atoms with Crippen molar-refractivity contribution in [1.82, 2.24) is 9.47 Å². The topological polar surface area (TPSA) is 45.5 Å². The number of nitrogens with zero attached hydrogens (tertiary/aromatic N) is 2. The Labute approximate surface area is 139 Å². The molecule has 1 N–H and O–H groups in total. The number of carbonyl (C=O) groups is 1. The molecule has 1 amide bonds. The number of phenols is 1. The van der Waals surface area contributed by atoms with Gasteiger partial charge in [0.2, 0.25) is 0 Å². The van der Waals surface area contributed by atoms with Crippen LogP contribution in [0.3, 0.4) is 0 Å². The molecule has 0 bridgehead atoms. The fraction of sp³-hybridized carbons (Fsp3) is 0.167. The van der Waals surface area contributed by atoms with Gasteiger partial charge in [-0.05, 0) is 41.3 Å². The first-order valence-corrected chi connectivity index (χ1v) is 8.22. The van der Waals surface area contributed by atoms with Crippen LogP contribution in [0.4, 0.5) is 0 Å². The summed E-state index contributed by atoms with van der Waals surface area (Å²) in [5, 5.41) is 11.4. The lowest BCUT2D eigenvalue weighted by atomic mass is 10.2. The Morgan fingerprint density at radius 3 is 2.65 bits per heavy atom. The minimum atomic E-state index is -0.0142. The molecule has 0 aliphatic heterocycles. The van der Waals surface area contributed by atoms with E-state index < -0.39 is 0 Å². The molecule has 118 valence electrons. The molecule has 0 aliphatic carbocycles. The molecular weight excluding hydrogens is 308 g/mol. The number of rotatable bonds is 5. The Kier molecular flexibility index (Phi) is 4.48. The van der Waals surface area contributed by atoms with Crippen LogP contribution >= 0.6 is 11.3 Å². The molecule has 0 saturated heterocycles. The van der Waals surface area contributed by atoms with Gasteiger partial charge in [-0.2, -0.15) is 0 Å². The molecular formula is C18H18N2O2S. The average Bonchev–Trinajstić information content (AvgIpc) is 3.21. The van der Waals surface area contributed by atoms with Crippen LogP contribution in [0.5, 0.6) is 5.75 Å². The molecule has 3 rings (SSSR count). The highest BCUT2D eigenvalue weighted by Gasteiger charge is 2.16. The number of hydrogen-bond acceptors (Lipinski definition) is 3. The van der Waals surface area contributed by atoms with E-state index in [0.29, 0.717) is 18.8 Å². The van der Waals surface area contributed by atoms with Crippen LogP contribution < -0.4 is 0 Å². The van der Waals surface area contributed by atoms with Gasteiger partial charge >= 0.3 is 0 Å². The van der Waals surface area contributed by atoms with Crippen molar-refractivity contribution < 1.29 is 9.90 Å². The van der Waals surface area contributed by atoms with E-state index in [4.69, 9.17) is 0 Å². The highest BCUT2D eigenvalue weighted by atomic mass is 32.1. The van der Waals surface area contributed by atoms with Gasteiger partial charge in [-0.3, -0.25) is 4.79 Å². The summed E-state index contributed by atoms with van der Waals surface area (Å²) in [5.74, 6) is 0.215. The number of hydrogen-bond donors (Lipinski definition) is 1. The third kappa shape index (κ3) is 3.63. The Hall–Kier alpha value is -2.53. The maximum Gasteiger partial charge on any atom is 0.270 e. The van der Waals surface area contributed by atoms with Gasteiger partial charge in [0.25, 0.3) is 5.91 Å². The van der Waals surface area contributed by atoms with Gasteiger partial charge in [0, 0.05) is 24.7 Å². The second kappa shape index (κ2) is 6.71. The molecule has 0 aliphatic rings. The van der Waals surface area contributed by atoms with E-state index in [0.717, 1.165) is 5.56 Å². The number of aromatic hydroxyl groups is 1. The van der Waals surface area contributed by atoms with Crippen LogP contribution in [0.1, 0.15) is 20.9 Å². The summed E-state index contributed by atoms with van der Waals surface area (Å²) in [6.45, 7) is 1.21. The molecule has 3 aromatic rings. The number of thiophene rings is 1. The van der Waals surface area contributed by atoms with Gasteiger partial charge in [-0.15, -0.1) is 11.3 Å². The molecule has 2 aromatic heterocycles. The molecule has 0 atom stereocenters.